The summed E-state index contributed by atoms with van der Waals surface area (Å²) < 4.78 is 10.7. The fraction of sp³-hybridized carbons (Fsp3) is 0.333. The molecule has 34 heavy (non-hydrogen) atoms. The summed E-state index contributed by atoms with van der Waals surface area (Å²) in [7, 11) is 1.69. The molecule has 10 heteroatoms. The number of urea groups is 1. The topological polar surface area (TPSA) is 101 Å². The molecule has 1 fully saturated rings. The molecule has 0 atom stereocenters. The zero-order chi connectivity index (χ0) is 24.1. The number of rotatable bonds is 6. The molecule has 2 heterocycles. The van der Waals surface area contributed by atoms with E-state index in [1.807, 2.05) is 13.0 Å². The van der Waals surface area contributed by atoms with E-state index in [-0.39, 0.29) is 11.9 Å². The molecule has 9 nitrogen and oxygen atoms in total. The second-order valence-corrected chi connectivity index (χ2v) is 8.50. The maximum Gasteiger partial charge on any atom is 0.321 e. The Labute approximate surface area is 202 Å². The third-order valence-electron chi connectivity index (χ3n) is 5.60. The number of likely N-dealkylation sites (N-methyl/N-ethyl adjacent to an activating group) is 1. The maximum atomic E-state index is 12.6. The molecule has 0 spiro atoms. The predicted molar refractivity (Wildman–Crippen MR) is 128 cm³/mol. The van der Waals surface area contributed by atoms with Crippen LogP contribution in [0.3, 0.4) is 0 Å². The van der Waals surface area contributed by atoms with Gasteiger partial charge in [-0.2, -0.15) is 4.98 Å². The number of amides is 3. The number of nitrogens with zero attached hydrogens (tertiary/aromatic N) is 4. The molecule has 0 aliphatic carbocycles. The number of carbonyl (C=O) groups is 2. The summed E-state index contributed by atoms with van der Waals surface area (Å²) in [4.78, 5) is 32.8. The first-order valence-electron chi connectivity index (χ1n) is 11.0. The summed E-state index contributed by atoms with van der Waals surface area (Å²) in [6.07, 6.45) is 0.426. The van der Waals surface area contributed by atoms with Crippen LogP contribution in [0.2, 0.25) is 5.02 Å². The molecule has 0 unspecified atom stereocenters. The highest BCUT2D eigenvalue weighted by molar-refractivity contribution is 6.31. The van der Waals surface area contributed by atoms with Crippen LogP contribution in [0.4, 0.5) is 10.5 Å². The first-order valence-corrected chi connectivity index (χ1v) is 11.4. The molecule has 1 aliphatic heterocycles. The van der Waals surface area contributed by atoms with Crippen molar-refractivity contribution >= 4 is 29.2 Å². The van der Waals surface area contributed by atoms with E-state index in [9.17, 15) is 9.59 Å². The Morgan fingerprint density at radius 3 is 2.62 bits per heavy atom. The van der Waals surface area contributed by atoms with Crippen molar-refractivity contribution in [1.82, 2.24) is 19.9 Å². The van der Waals surface area contributed by atoms with E-state index in [1.54, 1.807) is 53.2 Å². The third-order valence-corrected chi connectivity index (χ3v) is 5.84. The molecule has 1 N–H and O–H groups in total. The minimum Gasteiger partial charge on any atom is -0.378 e. The number of anilines is 1. The van der Waals surface area contributed by atoms with Crippen LogP contribution in [0.15, 0.2) is 47.0 Å². The van der Waals surface area contributed by atoms with Gasteiger partial charge in [0.1, 0.15) is 0 Å². The van der Waals surface area contributed by atoms with Crippen molar-refractivity contribution in [2.45, 2.75) is 13.3 Å². The summed E-state index contributed by atoms with van der Waals surface area (Å²) in [6.45, 7) is 4.62. The first kappa shape index (κ1) is 23.7. The van der Waals surface area contributed by atoms with E-state index in [0.29, 0.717) is 67.3 Å². The van der Waals surface area contributed by atoms with Crippen LogP contribution >= 0.6 is 11.6 Å². The zero-order valence-electron chi connectivity index (χ0n) is 19.1. The van der Waals surface area contributed by atoms with Gasteiger partial charge < -0.3 is 24.4 Å². The van der Waals surface area contributed by atoms with Gasteiger partial charge in [-0.1, -0.05) is 22.8 Å². The van der Waals surface area contributed by atoms with Gasteiger partial charge in [0.25, 0.3) is 11.8 Å². The number of hydrogen-bond acceptors (Lipinski definition) is 6. The van der Waals surface area contributed by atoms with Crippen LogP contribution in [0.5, 0.6) is 0 Å². The zero-order valence-corrected chi connectivity index (χ0v) is 19.8. The lowest BCUT2D eigenvalue weighted by Gasteiger charge is -2.26. The summed E-state index contributed by atoms with van der Waals surface area (Å²) in [5.74, 6) is 0.833. The van der Waals surface area contributed by atoms with Gasteiger partial charge >= 0.3 is 6.03 Å². The van der Waals surface area contributed by atoms with Gasteiger partial charge in [0.05, 0.1) is 13.2 Å². The van der Waals surface area contributed by atoms with E-state index >= 15 is 0 Å². The molecule has 178 valence electrons. The van der Waals surface area contributed by atoms with Gasteiger partial charge in [-0.25, -0.2) is 4.79 Å². The molecule has 3 aromatic rings. The lowest BCUT2D eigenvalue weighted by molar-refractivity contribution is 0.0303. The maximum absolute atomic E-state index is 12.6. The van der Waals surface area contributed by atoms with Crippen LogP contribution in [0.25, 0.3) is 11.5 Å². The van der Waals surface area contributed by atoms with Crippen LogP contribution in [-0.4, -0.2) is 71.8 Å². The molecule has 3 amide bonds. The van der Waals surface area contributed by atoms with Gasteiger partial charge in [0.15, 0.2) is 5.82 Å². The van der Waals surface area contributed by atoms with Crippen LogP contribution in [0.1, 0.15) is 21.7 Å². The van der Waals surface area contributed by atoms with Crippen LogP contribution < -0.4 is 5.32 Å². The second-order valence-electron chi connectivity index (χ2n) is 8.06. The summed E-state index contributed by atoms with van der Waals surface area (Å²) in [5.41, 5.74) is 2.92. The van der Waals surface area contributed by atoms with Gasteiger partial charge in [-0.05, 0) is 48.9 Å². The van der Waals surface area contributed by atoms with E-state index in [1.165, 1.54) is 0 Å². The van der Waals surface area contributed by atoms with E-state index in [2.05, 4.69) is 15.5 Å². The highest BCUT2D eigenvalue weighted by atomic mass is 35.5. The van der Waals surface area contributed by atoms with Crippen LogP contribution in [0, 0.1) is 6.92 Å². The summed E-state index contributed by atoms with van der Waals surface area (Å²) in [5, 5.41) is 7.43. The number of halogens is 1. The van der Waals surface area contributed by atoms with Gasteiger partial charge in [-0.3, -0.25) is 4.79 Å². The Balaban J connectivity index is 1.32. The smallest absolute Gasteiger partial charge is 0.321 e. The first-order chi connectivity index (χ1) is 16.4. The molecule has 0 bridgehead atoms. The summed E-state index contributed by atoms with van der Waals surface area (Å²) in [6, 6.07) is 12.2. The molecule has 1 aliphatic rings. The number of benzene rings is 2. The monoisotopic (exact) mass is 483 g/mol. The van der Waals surface area contributed by atoms with Crippen molar-refractivity contribution in [3.63, 3.8) is 0 Å². The number of carbonyl (C=O) groups excluding carboxylic acids is 2. The lowest BCUT2D eigenvalue weighted by Crippen LogP contribution is -2.40. The molecular weight excluding hydrogens is 458 g/mol. The van der Waals surface area contributed by atoms with Crippen molar-refractivity contribution in [2.24, 2.45) is 0 Å². The molecule has 0 saturated carbocycles. The average Bonchev–Trinajstić information content (AvgIpc) is 3.34. The van der Waals surface area contributed by atoms with Gasteiger partial charge in [0.2, 0.25) is 0 Å². The number of nitrogens with one attached hydrogen (secondary N) is 1. The highest BCUT2D eigenvalue weighted by Gasteiger charge is 2.19. The number of aromatic nitrogens is 2. The largest absolute Gasteiger partial charge is 0.378 e. The minimum absolute atomic E-state index is 0.0182. The second kappa shape index (κ2) is 10.7. The van der Waals surface area contributed by atoms with Gasteiger partial charge in [-0.15, -0.1) is 0 Å². The predicted octanol–water partition coefficient (Wildman–Crippen LogP) is 3.88. The fourth-order valence-corrected chi connectivity index (χ4v) is 3.66. The average molecular weight is 484 g/mol. The van der Waals surface area contributed by atoms with E-state index < -0.39 is 0 Å². The Bertz CT molecular complexity index is 1160. The van der Waals surface area contributed by atoms with Crippen molar-refractivity contribution in [3.05, 3.63) is 64.4 Å². The number of ether oxygens (including phenoxy) is 1. The molecule has 1 aromatic heterocycles. The molecule has 0 radical (unpaired) electrons. The molecular formula is C24H26ClN5O4. The fourth-order valence-electron chi connectivity index (χ4n) is 3.49. The van der Waals surface area contributed by atoms with E-state index in [4.69, 9.17) is 20.9 Å². The van der Waals surface area contributed by atoms with Crippen molar-refractivity contribution in [3.8, 4) is 11.5 Å². The Morgan fingerprint density at radius 2 is 1.88 bits per heavy atom. The molecule has 2 aromatic carbocycles. The van der Waals surface area contributed by atoms with Gasteiger partial charge in [0, 0.05) is 54.9 Å². The van der Waals surface area contributed by atoms with Crippen LogP contribution in [-0.2, 0) is 11.2 Å². The number of hydrogen-bond donors (Lipinski definition) is 1. The van der Waals surface area contributed by atoms with E-state index in [0.717, 1.165) is 11.1 Å². The highest BCUT2D eigenvalue weighted by Crippen LogP contribution is 2.21. The third kappa shape index (κ3) is 5.73. The van der Waals surface area contributed by atoms with Crippen molar-refractivity contribution in [1.29, 1.82) is 0 Å². The molecule has 4 rings (SSSR count). The quantitative estimate of drug-likeness (QED) is 0.571. The normalized spacial score (nSPS) is 13.6. The Morgan fingerprint density at radius 1 is 1.15 bits per heavy atom. The number of morpholine rings is 1. The van der Waals surface area contributed by atoms with Crippen molar-refractivity contribution in [2.75, 3.05) is 45.2 Å². The Kier molecular flexibility index (Phi) is 7.44. The minimum atomic E-state index is -0.255. The van der Waals surface area contributed by atoms with Crippen molar-refractivity contribution < 1.29 is 18.8 Å². The lowest BCUT2D eigenvalue weighted by atomic mass is 10.1. The molecule has 1 saturated heterocycles. The number of aryl methyl sites for hydroxylation is 1. The standard InChI is InChI=1S/C24H26ClN5O4/c1-16-3-8-19(25)15-20(16)26-24(32)29(2)10-9-21-27-22(34-28-21)17-4-6-18(7-5-17)23(31)30-11-13-33-14-12-30/h3-8,15H,9-14H2,1-2H3,(H,26,32). The Hall–Kier alpha value is -3.43. The summed E-state index contributed by atoms with van der Waals surface area (Å²) >= 11 is 6.02. The SMILES string of the molecule is Cc1ccc(Cl)cc1NC(=O)N(C)CCc1noc(-c2ccc(C(=O)N3CCOCC3)cc2)n1.